The molecular weight excluding hydrogens is 246 g/mol. The molecule has 19 heavy (non-hydrogen) atoms. The Labute approximate surface area is 110 Å². The Morgan fingerprint density at radius 2 is 2.11 bits per heavy atom. The van der Waals surface area contributed by atoms with E-state index in [1.54, 1.807) is 42.3 Å². The summed E-state index contributed by atoms with van der Waals surface area (Å²) >= 11 is 0. The molecule has 6 nitrogen and oxygen atoms in total. The Kier molecular flexibility index (Phi) is 4.15. The summed E-state index contributed by atoms with van der Waals surface area (Å²) in [5.41, 5.74) is 1.93. The summed E-state index contributed by atoms with van der Waals surface area (Å²) in [7, 11) is 1.65. The first-order valence-corrected chi connectivity index (χ1v) is 5.81. The van der Waals surface area contributed by atoms with Gasteiger partial charge in [0.25, 0.3) is 0 Å². The Morgan fingerprint density at radius 1 is 1.37 bits per heavy atom. The molecule has 0 unspecified atom stereocenters. The maximum absolute atomic E-state index is 10.7. The van der Waals surface area contributed by atoms with E-state index in [2.05, 4.69) is 10.4 Å². The predicted molar refractivity (Wildman–Crippen MR) is 70.8 cm³/mol. The van der Waals surface area contributed by atoms with Gasteiger partial charge < -0.3 is 15.2 Å². The molecule has 0 fully saturated rings. The van der Waals surface area contributed by atoms with Crippen molar-refractivity contribution in [2.75, 3.05) is 19.0 Å². The lowest BCUT2D eigenvalue weighted by Crippen LogP contribution is -2.03. The van der Waals surface area contributed by atoms with Crippen molar-refractivity contribution in [3.63, 3.8) is 0 Å². The minimum Gasteiger partial charge on any atom is -0.478 e. The summed E-state index contributed by atoms with van der Waals surface area (Å²) in [6.07, 6.45) is 3.57. The number of aromatic nitrogens is 2. The van der Waals surface area contributed by atoms with Crippen LogP contribution in [0.2, 0.25) is 0 Å². The van der Waals surface area contributed by atoms with Crippen molar-refractivity contribution in [2.24, 2.45) is 0 Å². The number of aromatic carboxylic acids is 1. The lowest BCUT2D eigenvalue weighted by atomic mass is 10.2. The van der Waals surface area contributed by atoms with Crippen molar-refractivity contribution in [3.8, 4) is 0 Å². The number of nitrogens with one attached hydrogen (secondary N) is 1. The number of hydrogen-bond acceptors (Lipinski definition) is 4. The smallest absolute Gasteiger partial charge is 0.335 e. The van der Waals surface area contributed by atoms with Gasteiger partial charge in [0, 0.05) is 19.0 Å². The molecule has 0 aliphatic heterocycles. The highest BCUT2D eigenvalue weighted by Crippen LogP contribution is 2.16. The molecule has 0 bridgehead atoms. The molecule has 1 heterocycles. The van der Waals surface area contributed by atoms with Crippen LogP contribution in [0.25, 0.3) is 0 Å². The number of methoxy groups -OCH3 is 1. The molecule has 0 saturated carbocycles. The molecule has 6 heteroatoms. The number of anilines is 2. The Bertz CT molecular complexity index is 549. The molecule has 2 rings (SSSR count). The minimum atomic E-state index is -0.932. The first-order valence-electron chi connectivity index (χ1n) is 5.81. The topological polar surface area (TPSA) is 76.4 Å². The zero-order chi connectivity index (χ0) is 13.7. The maximum Gasteiger partial charge on any atom is 0.335 e. The van der Waals surface area contributed by atoms with Gasteiger partial charge in [-0.05, 0) is 24.3 Å². The van der Waals surface area contributed by atoms with Crippen LogP contribution in [-0.4, -0.2) is 34.6 Å². The molecule has 1 aromatic carbocycles. The first kappa shape index (κ1) is 13.1. The molecule has 0 radical (unpaired) electrons. The van der Waals surface area contributed by atoms with Crippen LogP contribution in [0.5, 0.6) is 0 Å². The molecule has 0 spiro atoms. The van der Waals surface area contributed by atoms with Crippen LogP contribution in [0.15, 0.2) is 36.7 Å². The first-order chi connectivity index (χ1) is 9.19. The Balaban J connectivity index is 2.00. The standard InChI is InChI=1S/C13H15N3O3/c1-19-7-6-16-9-12(8-14-16)15-11-4-2-10(3-5-11)13(17)18/h2-5,8-9,15H,6-7H2,1H3,(H,17,18). The monoisotopic (exact) mass is 261 g/mol. The van der Waals surface area contributed by atoms with Crippen molar-refractivity contribution in [1.82, 2.24) is 9.78 Å². The molecule has 0 atom stereocenters. The third-order valence-corrected chi connectivity index (χ3v) is 2.58. The van der Waals surface area contributed by atoms with E-state index in [4.69, 9.17) is 9.84 Å². The van der Waals surface area contributed by atoms with E-state index < -0.39 is 5.97 Å². The van der Waals surface area contributed by atoms with E-state index in [1.165, 1.54) is 0 Å². The van der Waals surface area contributed by atoms with E-state index >= 15 is 0 Å². The van der Waals surface area contributed by atoms with Gasteiger partial charge in [0.15, 0.2) is 0 Å². The van der Waals surface area contributed by atoms with Gasteiger partial charge in [-0.3, -0.25) is 4.68 Å². The van der Waals surface area contributed by atoms with Crippen molar-refractivity contribution >= 4 is 17.3 Å². The molecule has 2 aromatic rings. The third-order valence-electron chi connectivity index (χ3n) is 2.58. The van der Waals surface area contributed by atoms with Gasteiger partial charge in [-0.2, -0.15) is 5.10 Å². The number of carbonyl (C=O) groups is 1. The van der Waals surface area contributed by atoms with Gasteiger partial charge in [-0.25, -0.2) is 4.79 Å². The molecule has 2 N–H and O–H groups in total. The third kappa shape index (κ3) is 3.56. The van der Waals surface area contributed by atoms with Crippen molar-refractivity contribution in [3.05, 3.63) is 42.2 Å². The lowest BCUT2D eigenvalue weighted by molar-refractivity contribution is 0.0697. The Hall–Kier alpha value is -2.34. The van der Waals surface area contributed by atoms with Crippen LogP contribution in [0.4, 0.5) is 11.4 Å². The quantitative estimate of drug-likeness (QED) is 0.831. The zero-order valence-electron chi connectivity index (χ0n) is 10.5. The fraction of sp³-hybridized carbons (Fsp3) is 0.231. The van der Waals surface area contributed by atoms with Crippen LogP contribution in [0.3, 0.4) is 0 Å². The average molecular weight is 261 g/mol. The minimum absolute atomic E-state index is 0.265. The van der Waals surface area contributed by atoms with Gasteiger partial charge in [-0.15, -0.1) is 0 Å². The number of ether oxygens (including phenoxy) is 1. The summed E-state index contributed by atoms with van der Waals surface area (Å²) in [6.45, 7) is 1.30. The highest BCUT2D eigenvalue weighted by atomic mass is 16.5. The second-order valence-corrected chi connectivity index (χ2v) is 3.99. The van der Waals surface area contributed by atoms with Gasteiger partial charge in [0.1, 0.15) is 0 Å². The van der Waals surface area contributed by atoms with Crippen molar-refractivity contribution < 1.29 is 14.6 Å². The van der Waals surface area contributed by atoms with E-state index in [9.17, 15) is 4.79 Å². The normalized spacial score (nSPS) is 10.4. The number of carboxylic acids is 1. The lowest BCUT2D eigenvalue weighted by Gasteiger charge is -2.03. The van der Waals surface area contributed by atoms with Crippen LogP contribution in [0, 0.1) is 0 Å². The zero-order valence-corrected chi connectivity index (χ0v) is 10.5. The second kappa shape index (κ2) is 6.01. The molecule has 100 valence electrons. The van der Waals surface area contributed by atoms with Crippen LogP contribution < -0.4 is 5.32 Å². The SMILES string of the molecule is COCCn1cc(Nc2ccc(C(=O)O)cc2)cn1. The summed E-state index contributed by atoms with van der Waals surface area (Å²) < 4.78 is 6.75. The summed E-state index contributed by atoms with van der Waals surface area (Å²) in [6, 6.07) is 6.55. The van der Waals surface area contributed by atoms with Gasteiger partial charge >= 0.3 is 5.97 Å². The fourth-order valence-corrected chi connectivity index (χ4v) is 1.60. The van der Waals surface area contributed by atoms with Crippen molar-refractivity contribution in [2.45, 2.75) is 6.54 Å². The largest absolute Gasteiger partial charge is 0.478 e. The second-order valence-electron chi connectivity index (χ2n) is 3.99. The predicted octanol–water partition coefficient (Wildman–Crippen LogP) is 1.97. The van der Waals surface area contributed by atoms with Gasteiger partial charge in [0.05, 0.1) is 30.6 Å². The Morgan fingerprint density at radius 3 is 2.74 bits per heavy atom. The molecule has 0 amide bonds. The van der Waals surface area contributed by atoms with Gasteiger partial charge in [-0.1, -0.05) is 0 Å². The van der Waals surface area contributed by atoms with E-state index in [1.807, 2.05) is 6.20 Å². The molecule has 0 aliphatic carbocycles. The number of carboxylic acid groups (broad SMARTS) is 1. The fourth-order valence-electron chi connectivity index (χ4n) is 1.60. The summed E-state index contributed by atoms with van der Waals surface area (Å²) in [4.78, 5) is 10.7. The maximum atomic E-state index is 10.7. The number of nitrogens with zero attached hydrogens (tertiary/aromatic N) is 2. The molecule has 0 saturated heterocycles. The van der Waals surface area contributed by atoms with E-state index in [-0.39, 0.29) is 5.56 Å². The van der Waals surface area contributed by atoms with E-state index in [0.717, 1.165) is 11.4 Å². The molecule has 0 aliphatic rings. The number of rotatable bonds is 6. The number of hydrogen-bond donors (Lipinski definition) is 2. The van der Waals surface area contributed by atoms with Crippen molar-refractivity contribution in [1.29, 1.82) is 0 Å². The highest BCUT2D eigenvalue weighted by molar-refractivity contribution is 5.88. The highest BCUT2D eigenvalue weighted by Gasteiger charge is 2.03. The van der Waals surface area contributed by atoms with E-state index in [0.29, 0.717) is 13.2 Å². The summed E-state index contributed by atoms with van der Waals surface area (Å²) in [5.74, 6) is -0.932. The summed E-state index contributed by atoms with van der Waals surface area (Å²) in [5, 5.41) is 16.1. The van der Waals surface area contributed by atoms with Crippen LogP contribution >= 0.6 is 0 Å². The average Bonchev–Trinajstić information content (AvgIpc) is 2.84. The van der Waals surface area contributed by atoms with Crippen LogP contribution in [0.1, 0.15) is 10.4 Å². The van der Waals surface area contributed by atoms with Crippen LogP contribution in [-0.2, 0) is 11.3 Å². The number of benzene rings is 1. The van der Waals surface area contributed by atoms with Gasteiger partial charge in [0.2, 0.25) is 0 Å². The molecule has 1 aromatic heterocycles. The molecular formula is C13H15N3O3.